The Bertz CT molecular complexity index is 1480. The standard InChI is InChI=1S/C26H26F2N8O2/c1-2-23(38)30-18-5-3-4-17(14-18)26-21-15-22(29-16-36(21)33-32-26)31-19-6-7-20(25(28)24(19)27)35-10-8-34(9-11-35)12-13-37/h2-7,14-16,31,37H,1,8-13H2,(H,30,38). The summed E-state index contributed by atoms with van der Waals surface area (Å²) < 4.78 is 31.6. The molecule has 4 aromatic rings. The summed E-state index contributed by atoms with van der Waals surface area (Å²) in [6.07, 6.45) is 2.60. The molecule has 0 atom stereocenters. The molecule has 0 saturated carbocycles. The van der Waals surface area contributed by atoms with Crippen molar-refractivity contribution < 1.29 is 18.7 Å². The molecule has 0 radical (unpaired) electrons. The predicted molar refractivity (Wildman–Crippen MR) is 140 cm³/mol. The van der Waals surface area contributed by atoms with Crippen molar-refractivity contribution in [2.24, 2.45) is 0 Å². The molecule has 1 aliphatic heterocycles. The van der Waals surface area contributed by atoms with Crippen molar-refractivity contribution in [2.45, 2.75) is 0 Å². The molecule has 38 heavy (non-hydrogen) atoms. The van der Waals surface area contributed by atoms with Crippen molar-refractivity contribution in [1.82, 2.24) is 24.7 Å². The summed E-state index contributed by atoms with van der Waals surface area (Å²) in [4.78, 5) is 19.8. The molecule has 1 fully saturated rings. The Labute approximate surface area is 217 Å². The summed E-state index contributed by atoms with van der Waals surface area (Å²) in [7, 11) is 0. The van der Waals surface area contributed by atoms with Gasteiger partial charge >= 0.3 is 0 Å². The number of carbonyl (C=O) groups excluding carboxylic acids is 1. The summed E-state index contributed by atoms with van der Waals surface area (Å²) in [6.45, 7) is 6.49. The SMILES string of the molecule is C=CC(=O)Nc1cccc(-c2nnn3cnc(Nc4ccc(N5CCN(CCO)CC5)c(F)c4F)cc23)c1. The van der Waals surface area contributed by atoms with Gasteiger partial charge in [0.1, 0.15) is 17.8 Å². The number of anilines is 4. The Morgan fingerprint density at radius 1 is 1.11 bits per heavy atom. The highest BCUT2D eigenvalue weighted by atomic mass is 19.2. The van der Waals surface area contributed by atoms with Gasteiger partial charge in [-0.05, 0) is 30.3 Å². The van der Waals surface area contributed by atoms with E-state index in [1.54, 1.807) is 35.2 Å². The van der Waals surface area contributed by atoms with Crippen molar-refractivity contribution >= 4 is 34.3 Å². The zero-order chi connectivity index (χ0) is 26.6. The van der Waals surface area contributed by atoms with Gasteiger partial charge in [0.05, 0.1) is 23.5 Å². The molecule has 2 aromatic carbocycles. The number of aliphatic hydroxyl groups excluding tert-OH is 1. The summed E-state index contributed by atoms with van der Waals surface area (Å²) in [6, 6.07) is 11.7. The van der Waals surface area contributed by atoms with Gasteiger partial charge in [-0.3, -0.25) is 9.69 Å². The Morgan fingerprint density at radius 2 is 1.92 bits per heavy atom. The average molecular weight is 521 g/mol. The third-order valence-electron chi connectivity index (χ3n) is 6.35. The van der Waals surface area contributed by atoms with E-state index in [2.05, 4.69) is 37.4 Å². The zero-order valence-electron chi connectivity index (χ0n) is 20.4. The molecule has 3 heterocycles. The van der Waals surface area contributed by atoms with Crippen LogP contribution in [0.2, 0.25) is 0 Å². The molecule has 0 unspecified atom stereocenters. The van der Waals surface area contributed by atoms with E-state index >= 15 is 8.78 Å². The number of hydrogen-bond acceptors (Lipinski definition) is 8. The second kappa shape index (κ2) is 10.9. The molecule has 0 bridgehead atoms. The maximum Gasteiger partial charge on any atom is 0.247 e. The van der Waals surface area contributed by atoms with E-state index in [1.165, 1.54) is 23.0 Å². The highest BCUT2D eigenvalue weighted by Gasteiger charge is 2.23. The monoisotopic (exact) mass is 520 g/mol. The fourth-order valence-electron chi connectivity index (χ4n) is 4.39. The van der Waals surface area contributed by atoms with E-state index < -0.39 is 11.6 Å². The number of piperazine rings is 1. The third-order valence-corrected chi connectivity index (χ3v) is 6.35. The Balaban J connectivity index is 1.37. The first-order valence-electron chi connectivity index (χ1n) is 12.0. The number of halogens is 2. The minimum absolute atomic E-state index is 0.0508. The lowest BCUT2D eigenvalue weighted by Crippen LogP contribution is -2.47. The number of nitrogens with one attached hydrogen (secondary N) is 2. The quantitative estimate of drug-likeness (QED) is 0.304. The normalized spacial score (nSPS) is 14.0. The number of nitrogens with zero attached hydrogens (tertiary/aromatic N) is 6. The molecule has 2 aromatic heterocycles. The minimum Gasteiger partial charge on any atom is -0.395 e. The second-order valence-corrected chi connectivity index (χ2v) is 8.75. The van der Waals surface area contributed by atoms with Crippen LogP contribution in [-0.4, -0.2) is 75.1 Å². The highest BCUT2D eigenvalue weighted by Crippen LogP contribution is 2.31. The van der Waals surface area contributed by atoms with Crippen LogP contribution in [-0.2, 0) is 4.79 Å². The van der Waals surface area contributed by atoms with Crippen LogP contribution in [0.5, 0.6) is 0 Å². The van der Waals surface area contributed by atoms with Crippen LogP contribution >= 0.6 is 0 Å². The maximum atomic E-state index is 15.1. The summed E-state index contributed by atoms with van der Waals surface area (Å²) in [5.74, 6) is -1.99. The number of fused-ring (bicyclic) bond motifs is 1. The van der Waals surface area contributed by atoms with Crippen molar-refractivity contribution in [1.29, 1.82) is 0 Å². The van der Waals surface area contributed by atoms with Gasteiger partial charge in [0, 0.05) is 50.0 Å². The van der Waals surface area contributed by atoms with Crippen molar-refractivity contribution in [2.75, 3.05) is 54.9 Å². The van der Waals surface area contributed by atoms with E-state index in [-0.39, 0.29) is 29.7 Å². The highest BCUT2D eigenvalue weighted by molar-refractivity contribution is 5.99. The number of aliphatic hydroxyl groups is 1. The van der Waals surface area contributed by atoms with Gasteiger partial charge in [-0.2, -0.15) is 0 Å². The lowest BCUT2D eigenvalue weighted by molar-refractivity contribution is -0.111. The summed E-state index contributed by atoms with van der Waals surface area (Å²) in [5.41, 5.74) is 2.50. The van der Waals surface area contributed by atoms with Gasteiger partial charge in [-0.25, -0.2) is 18.3 Å². The third kappa shape index (κ3) is 5.17. The number of β-amino-alcohol motifs (C(OH)–C–C–N with tert-alkyl or cyclic N) is 1. The molecular weight excluding hydrogens is 494 g/mol. The van der Waals surface area contributed by atoms with Crippen molar-refractivity contribution in [3.8, 4) is 11.3 Å². The maximum absolute atomic E-state index is 15.1. The number of rotatable bonds is 8. The lowest BCUT2D eigenvalue weighted by Gasteiger charge is -2.36. The minimum atomic E-state index is -1.00. The Kier molecular flexibility index (Phi) is 7.24. The molecule has 1 amide bonds. The van der Waals surface area contributed by atoms with Crippen molar-refractivity contribution in [3.63, 3.8) is 0 Å². The van der Waals surface area contributed by atoms with E-state index in [9.17, 15) is 4.79 Å². The zero-order valence-corrected chi connectivity index (χ0v) is 20.4. The predicted octanol–water partition coefficient (Wildman–Crippen LogP) is 3.05. The first-order chi connectivity index (χ1) is 18.5. The molecule has 5 rings (SSSR count). The number of amides is 1. The van der Waals surface area contributed by atoms with E-state index in [1.807, 2.05) is 6.07 Å². The molecule has 196 valence electrons. The van der Waals surface area contributed by atoms with E-state index in [0.29, 0.717) is 55.2 Å². The first kappa shape index (κ1) is 25.2. The lowest BCUT2D eigenvalue weighted by atomic mass is 10.1. The van der Waals surface area contributed by atoms with Gasteiger partial charge in [0.25, 0.3) is 0 Å². The molecule has 3 N–H and O–H groups in total. The van der Waals surface area contributed by atoms with Gasteiger partial charge in [0.2, 0.25) is 5.91 Å². The Hall–Kier alpha value is -4.42. The van der Waals surface area contributed by atoms with Crippen LogP contribution in [0.15, 0.2) is 61.4 Å². The molecule has 12 heteroatoms. The van der Waals surface area contributed by atoms with Crippen LogP contribution < -0.4 is 15.5 Å². The van der Waals surface area contributed by atoms with Crippen LogP contribution in [0.25, 0.3) is 16.8 Å². The fraction of sp³-hybridized carbons (Fsp3) is 0.231. The molecule has 0 spiro atoms. The van der Waals surface area contributed by atoms with Gasteiger partial charge in [-0.15, -0.1) is 5.10 Å². The largest absolute Gasteiger partial charge is 0.395 e. The van der Waals surface area contributed by atoms with Gasteiger partial charge < -0.3 is 20.6 Å². The second-order valence-electron chi connectivity index (χ2n) is 8.75. The van der Waals surface area contributed by atoms with Gasteiger partial charge in [-0.1, -0.05) is 23.9 Å². The van der Waals surface area contributed by atoms with Crippen LogP contribution in [0.3, 0.4) is 0 Å². The van der Waals surface area contributed by atoms with Crippen LogP contribution in [0.4, 0.5) is 31.7 Å². The first-order valence-corrected chi connectivity index (χ1v) is 12.0. The summed E-state index contributed by atoms with van der Waals surface area (Å²) in [5, 5.41) is 23.0. The van der Waals surface area contributed by atoms with E-state index in [0.717, 1.165) is 0 Å². The molecule has 1 saturated heterocycles. The molecule has 1 aliphatic rings. The van der Waals surface area contributed by atoms with Crippen LogP contribution in [0.1, 0.15) is 0 Å². The van der Waals surface area contributed by atoms with Crippen molar-refractivity contribution in [3.05, 3.63) is 73.1 Å². The fourth-order valence-corrected chi connectivity index (χ4v) is 4.39. The average Bonchev–Trinajstić information content (AvgIpc) is 3.36. The van der Waals surface area contributed by atoms with E-state index in [4.69, 9.17) is 5.11 Å². The topological polar surface area (TPSA) is 111 Å². The smallest absolute Gasteiger partial charge is 0.247 e. The number of benzene rings is 2. The van der Waals surface area contributed by atoms with Crippen LogP contribution in [0, 0.1) is 11.6 Å². The number of carbonyl (C=O) groups is 1. The molecular formula is C26H26F2N8O2. The van der Waals surface area contributed by atoms with Gasteiger partial charge in [0.15, 0.2) is 11.6 Å². The number of aromatic nitrogens is 4. The molecule has 0 aliphatic carbocycles. The molecule has 10 nitrogen and oxygen atoms in total. The number of hydrogen-bond donors (Lipinski definition) is 3. The summed E-state index contributed by atoms with van der Waals surface area (Å²) >= 11 is 0. The Morgan fingerprint density at radius 3 is 2.68 bits per heavy atom.